The Morgan fingerprint density at radius 2 is 2.04 bits per heavy atom. The second kappa shape index (κ2) is 5.85. The molecule has 1 aliphatic rings. The minimum Gasteiger partial charge on any atom is -0.383 e. The van der Waals surface area contributed by atoms with Gasteiger partial charge in [-0.25, -0.2) is 9.97 Å². The Morgan fingerprint density at radius 3 is 2.83 bits per heavy atom. The van der Waals surface area contributed by atoms with E-state index in [0.717, 1.165) is 41.5 Å². The van der Waals surface area contributed by atoms with Crippen molar-refractivity contribution in [2.45, 2.75) is 18.9 Å². The van der Waals surface area contributed by atoms with Gasteiger partial charge in [0.2, 0.25) is 0 Å². The number of hydrogen-bond acceptors (Lipinski definition) is 5. The van der Waals surface area contributed by atoms with Crippen LogP contribution in [0.5, 0.6) is 0 Å². The third-order valence-corrected chi connectivity index (χ3v) is 4.65. The fraction of sp³-hybridized carbons (Fsp3) is 0.278. The van der Waals surface area contributed by atoms with Crippen LogP contribution in [0.3, 0.4) is 0 Å². The molecule has 1 aromatic carbocycles. The molecule has 0 radical (unpaired) electrons. The van der Waals surface area contributed by atoms with Crippen molar-refractivity contribution in [3.05, 3.63) is 42.9 Å². The number of hydrogen-bond donors (Lipinski definition) is 1. The van der Waals surface area contributed by atoms with Crippen LogP contribution in [0.25, 0.3) is 22.2 Å². The summed E-state index contributed by atoms with van der Waals surface area (Å²) in [4.78, 5) is 10.5. The average Bonchev–Trinajstić information content (AvgIpc) is 3.04. The largest absolute Gasteiger partial charge is 0.383 e. The Bertz CT molecular complexity index is 908. The number of fused-ring (bicyclic) bond motifs is 1. The predicted molar refractivity (Wildman–Crippen MR) is 92.8 cm³/mol. The highest BCUT2D eigenvalue weighted by molar-refractivity contribution is 6.00. The molecule has 6 heteroatoms. The zero-order valence-electron chi connectivity index (χ0n) is 13.3. The molecular formula is C18H18N6. The van der Waals surface area contributed by atoms with Gasteiger partial charge in [-0.3, -0.25) is 0 Å². The van der Waals surface area contributed by atoms with E-state index in [1.54, 1.807) is 0 Å². The summed E-state index contributed by atoms with van der Waals surface area (Å²) in [5, 5.41) is 10.1. The van der Waals surface area contributed by atoms with Crippen LogP contribution in [0.4, 0.5) is 5.82 Å². The monoisotopic (exact) mass is 318 g/mol. The minimum absolute atomic E-state index is 0.215. The van der Waals surface area contributed by atoms with Gasteiger partial charge in [-0.15, -0.1) is 0 Å². The zero-order chi connectivity index (χ0) is 16.5. The molecule has 0 bridgehead atoms. The Morgan fingerprint density at radius 1 is 1.21 bits per heavy atom. The average molecular weight is 318 g/mol. The van der Waals surface area contributed by atoms with Gasteiger partial charge in [0.25, 0.3) is 0 Å². The maximum atomic E-state index is 9.22. The molecule has 2 aromatic heterocycles. The van der Waals surface area contributed by atoms with Gasteiger partial charge < -0.3 is 15.2 Å². The van der Waals surface area contributed by atoms with Crippen molar-refractivity contribution in [1.29, 1.82) is 5.26 Å². The van der Waals surface area contributed by atoms with Gasteiger partial charge in [-0.05, 0) is 18.4 Å². The van der Waals surface area contributed by atoms with Crippen LogP contribution in [0, 0.1) is 11.5 Å². The molecule has 1 aliphatic heterocycles. The topological polar surface area (TPSA) is 83.8 Å². The van der Waals surface area contributed by atoms with E-state index in [0.29, 0.717) is 12.4 Å². The Hall–Kier alpha value is -3.07. The van der Waals surface area contributed by atoms with Gasteiger partial charge >= 0.3 is 0 Å². The third kappa shape index (κ3) is 2.35. The van der Waals surface area contributed by atoms with E-state index in [1.807, 2.05) is 23.1 Å². The van der Waals surface area contributed by atoms with Crippen LogP contribution in [0.1, 0.15) is 18.9 Å². The fourth-order valence-electron chi connectivity index (χ4n) is 3.50. The number of nitriles is 1. The van der Waals surface area contributed by atoms with E-state index >= 15 is 0 Å². The quantitative estimate of drug-likeness (QED) is 0.735. The summed E-state index contributed by atoms with van der Waals surface area (Å²) in [6.07, 6.45) is 7.91. The number of nitrogen functional groups attached to an aromatic ring is 1. The van der Waals surface area contributed by atoms with Crippen molar-refractivity contribution in [2.75, 3.05) is 18.8 Å². The summed E-state index contributed by atoms with van der Waals surface area (Å²) in [5.74, 6) is 0.491. The van der Waals surface area contributed by atoms with Crippen molar-refractivity contribution in [3.8, 4) is 17.3 Å². The Kier molecular flexibility index (Phi) is 3.54. The summed E-state index contributed by atoms with van der Waals surface area (Å²) in [6, 6.07) is 10.4. The first-order chi connectivity index (χ1) is 11.8. The number of rotatable bonds is 2. The van der Waals surface area contributed by atoms with Gasteiger partial charge in [0.15, 0.2) is 6.19 Å². The number of nitrogens with two attached hydrogens (primary N) is 1. The first kappa shape index (κ1) is 14.5. The molecule has 3 aromatic rings. The highest BCUT2D eigenvalue weighted by Crippen LogP contribution is 2.35. The smallest absolute Gasteiger partial charge is 0.179 e. The van der Waals surface area contributed by atoms with Crippen LogP contribution < -0.4 is 5.73 Å². The van der Waals surface area contributed by atoms with Crippen LogP contribution in [0.2, 0.25) is 0 Å². The number of benzene rings is 1. The molecule has 1 unspecified atom stereocenters. The molecule has 1 atom stereocenters. The molecule has 0 saturated carbocycles. The van der Waals surface area contributed by atoms with E-state index in [-0.39, 0.29) is 6.04 Å². The molecule has 6 nitrogen and oxygen atoms in total. The number of likely N-dealkylation sites (tertiary alicyclic amines) is 1. The van der Waals surface area contributed by atoms with Crippen molar-refractivity contribution in [1.82, 2.24) is 19.4 Å². The Labute approximate surface area is 140 Å². The maximum Gasteiger partial charge on any atom is 0.179 e. The lowest BCUT2D eigenvalue weighted by Gasteiger charge is -2.30. The van der Waals surface area contributed by atoms with Crippen molar-refractivity contribution in [2.24, 2.45) is 0 Å². The molecule has 2 N–H and O–H groups in total. The van der Waals surface area contributed by atoms with E-state index in [2.05, 4.69) is 39.1 Å². The lowest BCUT2D eigenvalue weighted by Crippen LogP contribution is -2.33. The molecular weight excluding hydrogens is 300 g/mol. The highest BCUT2D eigenvalue weighted by atomic mass is 15.2. The molecule has 0 spiro atoms. The molecule has 4 rings (SSSR count). The van der Waals surface area contributed by atoms with E-state index in [4.69, 9.17) is 5.73 Å². The maximum absolute atomic E-state index is 9.22. The zero-order valence-corrected chi connectivity index (χ0v) is 13.3. The van der Waals surface area contributed by atoms with Crippen molar-refractivity contribution < 1.29 is 0 Å². The van der Waals surface area contributed by atoms with Gasteiger partial charge in [0.05, 0.1) is 11.4 Å². The summed E-state index contributed by atoms with van der Waals surface area (Å²) in [7, 11) is 0. The minimum atomic E-state index is 0.215. The third-order valence-electron chi connectivity index (χ3n) is 4.65. The van der Waals surface area contributed by atoms with E-state index in [1.165, 1.54) is 6.33 Å². The first-order valence-electron chi connectivity index (χ1n) is 8.09. The van der Waals surface area contributed by atoms with Crippen molar-refractivity contribution >= 4 is 16.9 Å². The summed E-state index contributed by atoms with van der Waals surface area (Å²) >= 11 is 0. The molecule has 1 saturated heterocycles. The first-order valence-corrected chi connectivity index (χ1v) is 8.09. The normalized spacial score (nSPS) is 17.8. The summed E-state index contributed by atoms with van der Waals surface area (Å²) in [5.41, 5.74) is 9.14. The SMILES string of the molecule is N#CN1CCCC(n2cc(-c3ccccc3)c3c(N)ncnc32)C1. The molecule has 3 heterocycles. The lowest BCUT2D eigenvalue weighted by atomic mass is 10.1. The Balaban J connectivity index is 1.88. The van der Waals surface area contributed by atoms with Crippen LogP contribution >= 0.6 is 0 Å². The molecule has 0 aliphatic carbocycles. The molecule has 0 amide bonds. The lowest BCUT2D eigenvalue weighted by molar-refractivity contribution is 0.248. The second-order valence-corrected chi connectivity index (χ2v) is 6.12. The fourth-order valence-corrected chi connectivity index (χ4v) is 3.50. The summed E-state index contributed by atoms with van der Waals surface area (Å²) < 4.78 is 2.17. The van der Waals surface area contributed by atoms with Gasteiger partial charge in [-0.1, -0.05) is 30.3 Å². The summed E-state index contributed by atoms with van der Waals surface area (Å²) in [6.45, 7) is 1.54. The predicted octanol–water partition coefficient (Wildman–Crippen LogP) is 2.80. The number of aromatic nitrogens is 3. The van der Waals surface area contributed by atoms with Gasteiger partial charge in [-0.2, -0.15) is 5.26 Å². The van der Waals surface area contributed by atoms with E-state index in [9.17, 15) is 5.26 Å². The number of nitrogens with zero attached hydrogens (tertiary/aromatic N) is 5. The number of piperidine rings is 1. The van der Waals surface area contributed by atoms with Gasteiger partial charge in [0, 0.05) is 24.8 Å². The van der Waals surface area contributed by atoms with Gasteiger partial charge in [0.1, 0.15) is 17.8 Å². The van der Waals surface area contributed by atoms with Crippen molar-refractivity contribution in [3.63, 3.8) is 0 Å². The second-order valence-electron chi connectivity index (χ2n) is 6.12. The highest BCUT2D eigenvalue weighted by Gasteiger charge is 2.24. The van der Waals surface area contributed by atoms with Crippen LogP contribution in [-0.2, 0) is 0 Å². The molecule has 1 fully saturated rings. The van der Waals surface area contributed by atoms with E-state index < -0.39 is 0 Å². The number of anilines is 1. The van der Waals surface area contributed by atoms with Crippen LogP contribution in [0.15, 0.2) is 42.9 Å². The molecule has 24 heavy (non-hydrogen) atoms. The van der Waals surface area contributed by atoms with Crippen LogP contribution in [-0.4, -0.2) is 32.5 Å². The molecule has 120 valence electrons. The standard InChI is InChI=1S/C18H18N6/c19-11-23-8-4-7-14(9-23)24-10-15(13-5-2-1-3-6-13)16-17(20)21-12-22-18(16)24/h1-3,5-6,10,12,14H,4,7-9H2,(H2,20,21,22).